The summed E-state index contributed by atoms with van der Waals surface area (Å²) in [6.07, 6.45) is 2.85. The molecule has 2 aliphatic carbocycles. The van der Waals surface area contributed by atoms with E-state index in [2.05, 4.69) is 16.0 Å². The van der Waals surface area contributed by atoms with E-state index < -0.39 is 0 Å². The highest BCUT2D eigenvalue weighted by atomic mass is 16.5. The fourth-order valence-corrected chi connectivity index (χ4v) is 5.63. The van der Waals surface area contributed by atoms with Crippen LogP contribution in [-0.4, -0.2) is 60.6 Å². The Kier molecular flexibility index (Phi) is 5.07. The number of nitrogens with one attached hydrogen (secondary N) is 2. The largest absolute Gasteiger partial charge is 0.493 e. The minimum absolute atomic E-state index is 0.0770. The van der Waals surface area contributed by atoms with Crippen molar-refractivity contribution < 1.29 is 33.4 Å². The average molecular weight is 477 g/mol. The number of allylic oxidation sites excluding steroid dienone is 2. The number of H-pyrrole nitrogens is 2. The normalized spacial score (nSPS) is 21.1. The second kappa shape index (κ2) is 7.89. The number of rotatable bonds is 4. The first-order valence-corrected chi connectivity index (χ1v) is 10.9. The fraction of sp³-hybridized carbons (Fsp3) is 0.320. The zero-order valence-electron chi connectivity index (χ0n) is 19.6. The van der Waals surface area contributed by atoms with Crippen LogP contribution in [0.1, 0.15) is 38.7 Å². The Hall–Kier alpha value is -4.30. The van der Waals surface area contributed by atoms with E-state index in [1.165, 1.54) is 0 Å². The number of aromatic amines is 2. The van der Waals surface area contributed by atoms with Crippen LogP contribution in [0.5, 0.6) is 17.2 Å². The number of likely N-dealkylation sites (tertiary alicyclic amines) is 1. The van der Waals surface area contributed by atoms with Crippen LogP contribution in [-0.2, 0) is 15.0 Å². The van der Waals surface area contributed by atoms with Crippen LogP contribution in [0.25, 0.3) is 10.9 Å². The Labute approximate surface area is 199 Å². The van der Waals surface area contributed by atoms with Crippen molar-refractivity contribution in [1.29, 1.82) is 0 Å². The molecule has 0 bridgehead atoms. The summed E-state index contributed by atoms with van der Waals surface area (Å²) in [5.74, 6) is 1.54. The molecule has 2 atom stereocenters. The lowest BCUT2D eigenvalue weighted by Gasteiger charge is -2.27. The Morgan fingerprint density at radius 2 is 1.80 bits per heavy atom. The fourth-order valence-electron chi connectivity index (χ4n) is 5.63. The van der Waals surface area contributed by atoms with Gasteiger partial charge in [-0.15, -0.1) is 0 Å². The molecule has 180 valence electrons. The number of hydrogen-bond donors (Lipinski definition) is 2. The molecule has 35 heavy (non-hydrogen) atoms. The quantitative estimate of drug-likeness (QED) is 0.591. The number of carbonyl (C=O) groups is 2. The van der Waals surface area contributed by atoms with Crippen molar-refractivity contribution in [1.82, 2.24) is 14.9 Å². The summed E-state index contributed by atoms with van der Waals surface area (Å²) in [4.78, 5) is 50.8. The zero-order chi connectivity index (χ0) is 25.1. The lowest BCUT2D eigenvalue weighted by Crippen LogP contribution is -2.33. The summed E-state index contributed by atoms with van der Waals surface area (Å²) in [7, 11) is 4.65. The first-order valence-electron chi connectivity index (χ1n) is 10.9. The first kappa shape index (κ1) is 22.5. The number of piperidine rings is 1. The highest BCUT2D eigenvalue weighted by molar-refractivity contribution is 6.09. The Morgan fingerprint density at radius 1 is 1.09 bits per heavy atom. The van der Waals surface area contributed by atoms with E-state index in [0.717, 1.165) is 28.8 Å². The summed E-state index contributed by atoms with van der Waals surface area (Å²) in [6, 6.07) is 5.65. The molecule has 10 heteroatoms. The molecular weight excluding hydrogens is 454 g/mol. The Bertz CT molecular complexity index is 1460. The molecule has 2 N–H and O–H groups in total. The van der Waals surface area contributed by atoms with Gasteiger partial charge in [-0.1, -0.05) is 0 Å². The highest BCUT2D eigenvalue weighted by Gasteiger charge is 2.67. The second-order valence-electron chi connectivity index (χ2n) is 8.80. The lowest BCUT2D eigenvalue weighted by molar-refractivity contribution is -0.191. The number of aryl methyl sites for hydroxylation is 1. The van der Waals surface area contributed by atoms with Gasteiger partial charge < -0.3 is 29.1 Å². The number of benzene rings is 1. The third kappa shape index (κ3) is 3.03. The van der Waals surface area contributed by atoms with Crippen molar-refractivity contribution in [2.24, 2.45) is 5.92 Å². The summed E-state index contributed by atoms with van der Waals surface area (Å²) in [6.45, 7) is 2.55. The molecule has 6 rings (SSSR count). The smallest absolute Gasteiger partial charge is 0.373 e. The van der Waals surface area contributed by atoms with Gasteiger partial charge in [0.2, 0.25) is 11.5 Å². The van der Waals surface area contributed by atoms with Gasteiger partial charge in [0.15, 0.2) is 11.5 Å². The van der Waals surface area contributed by atoms with Crippen LogP contribution in [0.4, 0.5) is 0 Å². The molecule has 3 aliphatic rings. The topological polar surface area (TPSA) is 131 Å². The van der Waals surface area contributed by atoms with Crippen LogP contribution >= 0.6 is 0 Å². The van der Waals surface area contributed by atoms with Crippen LogP contribution in [0.15, 0.2) is 30.0 Å². The summed E-state index contributed by atoms with van der Waals surface area (Å²) in [5, 5.41) is 0.777. The van der Waals surface area contributed by atoms with Gasteiger partial charge >= 0.3 is 6.15 Å². The maximum Gasteiger partial charge on any atom is 0.373 e. The molecule has 1 spiro atoms. The molecule has 3 heterocycles. The number of amides is 1. The molecule has 1 unspecified atom stereocenters. The Balaban J connectivity index is 0.000000806. The number of ether oxygens (including phenoxy) is 3. The standard InChI is InChI=1S/C24H23N3O5.CO2/c1-11-5-14-20(25-11)16(28)8-18-24(14)9-13(24)10-27(18)23(29)15-6-12-7-17(30-2)21(31-3)22(32-4)19(12)26-15;2-1-3/h5-8,13,25-26H,9-10H2,1-4H3;/t13-,24?;/m1./s1. The van der Waals surface area contributed by atoms with Crippen molar-refractivity contribution in [3.8, 4) is 17.2 Å². The molecule has 3 aromatic rings. The van der Waals surface area contributed by atoms with E-state index in [1.807, 2.05) is 13.0 Å². The predicted molar refractivity (Wildman–Crippen MR) is 122 cm³/mol. The minimum Gasteiger partial charge on any atom is -0.493 e. The monoisotopic (exact) mass is 477 g/mol. The van der Waals surface area contributed by atoms with Crippen molar-refractivity contribution in [2.45, 2.75) is 18.8 Å². The molecular formula is C25H23N3O7. The van der Waals surface area contributed by atoms with Gasteiger partial charge in [-0.2, -0.15) is 9.59 Å². The van der Waals surface area contributed by atoms with Gasteiger partial charge in [0.05, 0.1) is 32.5 Å². The number of methoxy groups -OCH3 is 3. The molecule has 1 aliphatic heterocycles. The molecule has 2 aromatic heterocycles. The molecule has 2 fully saturated rings. The third-order valence-corrected chi connectivity index (χ3v) is 7.10. The molecule has 10 nitrogen and oxygen atoms in total. The van der Waals surface area contributed by atoms with Gasteiger partial charge in [0, 0.05) is 34.8 Å². The van der Waals surface area contributed by atoms with E-state index >= 15 is 0 Å². The van der Waals surface area contributed by atoms with Crippen molar-refractivity contribution >= 4 is 28.7 Å². The molecule has 1 saturated carbocycles. The van der Waals surface area contributed by atoms with E-state index in [9.17, 15) is 9.59 Å². The summed E-state index contributed by atoms with van der Waals surface area (Å²) < 4.78 is 16.4. The summed E-state index contributed by atoms with van der Waals surface area (Å²) in [5.41, 5.74) is 4.33. The number of carbonyl (C=O) groups excluding carboxylic acids is 4. The minimum atomic E-state index is -0.222. The van der Waals surface area contributed by atoms with Crippen molar-refractivity contribution in [2.75, 3.05) is 27.9 Å². The van der Waals surface area contributed by atoms with E-state index in [4.69, 9.17) is 23.8 Å². The molecule has 1 aromatic carbocycles. The molecule has 1 saturated heterocycles. The lowest BCUT2D eigenvalue weighted by atomic mass is 9.85. The van der Waals surface area contributed by atoms with Crippen LogP contribution in [0.2, 0.25) is 0 Å². The number of nitrogens with zero attached hydrogens (tertiary/aromatic N) is 1. The van der Waals surface area contributed by atoms with Crippen molar-refractivity contribution in [3.05, 3.63) is 52.6 Å². The average Bonchev–Trinajstić information content (AvgIpc) is 3.14. The first-order chi connectivity index (χ1) is 16.8. The van der Waals surface area contributed by atoms with E-state index in [1.54, 1.807) is 38.4 Å². The number of aromatic nitrogens is 2. The van der Waals surface area contributed by atoms with E-state index in [-0.39, 0.29) is 23.3 Å². The zero-order valence-corrected chi connectivity index (χ0v) is 19.6. The van der Waals surface area contributed by atoms with Crippen LogP contribution in [0.3, 0.4) is 0 Å². The predicted octanol–water partition coefficient (Wildman–Crippen LogP) is 2.74. The molecule has 0 radical (unpaired) electrons. The SMILES string of the molecule is COc1cc2cc(C(=O)N3C[C@H]4CC45C3=CC(=O)c3[nH]c(C)cc35)[nH]c2c(OC)c1OC.O=C=O. The second-order valence-corrected chi connectivity index (χ2v) is 8.80. The van der Waals surface area contributed by atoms with Gasteiger partial charge in [-0.3, -0.25) is 9.59 Å². The number of ketones is 1. The maximum absolute atomic E-state index is 13.6. The van der Waals surface area contributed by atoms with Crippen molar-refractivity contribution in [3.63, 3.8) is 0 Å². The summed E-state index contributed by atoms with van der Waals surface area (Å²) >= 11 is 0. The highest BCUT2D eigenvalue weighted by Crippen LogP contribution is 2.66. The number of fused-ring (bicyclic) bond motifs is 2. The number of hydrogen-bond acceptors (Lipinski definition) is 7. The van der Waals surface area contributed by atoms with Gasteiger partial charge in [-0.05, 0) is 43.0 Å². The van der Waals surface area contributed by atoms with E-state index in [0.29, 0.717) is 46.6 Å². The van der Waals surface area contributed by atoms with Gasteiger partial charge in [-0.25, -0.2) is 0 Å². The Morgan fingerprint density at radius 3 is 2.46 bits per heavy atom. The van der Waals surface area contributed by atoms with Gasteiger partial charge in [0.1, 0.15) is 5.69 Å². The van der Waals surface area contributed by atoms with Crippen LogP contribution in [0, 0.1) is 12.8 Å². The third-order valence-electron chi connectivity index (χ3n) is 7.10. The van der Waals surface area contributed by atoms with Crippen LogP contribution < -0.4 is 14.2 Å². The maximum atomic E-state index is 13.6. The van der Waals surface area contributed by atoms with Gasteiger partial charge in [0.25, 0.3) is 5.91 Å². The molecule has 1 amide bonds.